The summed E-state index contributed by atoms with van der Waals surface area (Å²) < 4.78 is 10.3. The Morgan fingerprint density at radius 3 is 2.00 bits per heavy atom. The van der Waals surface area contributed by atoms with Gasteiger partial charge in [0.15, 0.2) is 0 Å². The number of rotatable bonds is 4. The summed E-state index contributed by atoms with van der Waals surface area (Å²) in [5.41, 5.74) is -1.31. The molecule has 1 unspecified atom stereocenters. The summed E-state index contributed by atoms with van der Waals surface area (Å²) in [5.74, 6) is -0.571. The van der Waals surface area contributed by atoms with E-state index in [1.807, 2.05) is 6.07 Å². The zero-order chi connectivity index (χ0) is 16.0. The maximum Gasteiger partial charge on any atom is 0.408 e. The Morgan fingerprint density at radius 2 is 1.60 bits per heavy atom. The molecule has 0 aliphatic carbocycles. The number of carbonyl (C=O) groups is 2. The van der Waals surface area contributed by atoms with Crippen LogP contribution < -0.4 is 5.32 Å². The normalized spacial score (nSPS) is 13.1. The Hall–Kier alpha value is -1.77. The molecule has 0 radical (unpaired) electrons. The molecule has 114 valence electrons. The van der Waals surface area contributed by atoms with Gasteiger partial charge in [0, 0.05) is 6.42 Å². The van der Waals surface area contributed by atoms with Crippen LogP contribution in [0.4, 0.5) is 4.79 Å². The second kappa shape index (κ2) is 7.13. The Morgan fingerprint density at radius 1 is 1.10 bits per heavy atom. The van der Waals surface area contributed by atoms with E-state index in [0.717, 1.165) is 0 Å². The highest BCUT2D eigenvalue weighted by molar-refractivity contribution is 5.81. The third-order valence-electron chi connectivity index (χ3n) is 1.93. The van der Waals surface area contributed by atoms with E-state index < -0.39 is 29.3 Å². The molecular formula is C14H24N2O4. The molecule has 1 atom stereocenters. The van der Waals surface area contributed by atoms with Gasteiger partial charge in [-0.2, -0.15) is 5.26 Å². The standard InChI is InChI=1S/C14H24N2O4/c1-13(2,3)19-11(17)10(8-7-9-15)16-12(18)20-14(4,5)6/h10H,7-8H2,1-6H3,(H,16,18). The van der Waals surface area contributed by atoms with Gasteiger partial charge in [-0.15, -0.1) is 0 Å². The number of nitrogens with zero attached hydrogens (tertiary/aromatic N) is 1. The van der Waals surface area contributed by atoms with Gasteiger partial charge < -0.3 is 14.8 Å². The van der Waals surface area contributed by atoms with E-state index in [1.54, 1.807) is 41.5 Å². The van der Waals surface area contributed by atoms with Crippen molar-refractivity contribution in [2.75, 3.05) is 0 Å². The summed E-state index contributed by atoms with van der Waals surface area (Å²) in [6.07, 6.45) is -0.379. The largest absolute Gasteiger partial charge is 0.458 e. The Kier molecular flexibility index (Phi) is 6.50. The summed E-state index contributed by atoms with van der Waals surface area (Å²) in [7, 11) is 0. The second-order valence-corrected chi connectivity index (χ2v) is 6.43. The van der Waals surface area contributed by atoms with Crippen molar-refractivity contribution in [3.8, 4) is 6.07 Å². The fourth-order valence-corrected chi connectivity index (χ4v) is 1.28. The molecule has 0 aromatic rings. The molecule has 0 spiro atoms. The van der Waals surface area contributed by atoms with Gasteiger partial charge in [0.2, 0.25) is 0 Å². The highest BCUT2D eigenvalue weighted by atomic mass is 16.6. The Labute approximate surface area is 120 Å². The first kappa shape index (κ1) is 18.2. The first-order valence-electron chi connectivity index (χ1n) is 6.54. The minimum absolute atomic E-state index is 0.139. The average molecular weight is 284 g/mol. The van der Waals surface area contributed by atoms with Crippen LogP contribution in [0.25, 0.3) is 0 Å². The van der Waals surface area contributed by atoms with Crippen molar-refractivity contribution in [3.05, 3.63) is 0 Å². The van der Waals surface area contributed by atoms with Crippen LogP contribution in [0.15, 0.2) is 0 Å². The first-order valence-corrected chi connectivity index (χ1v) is 6.54. The number of amides is 1. The molecule has 0 aliphatic heterocycles. The van der Waals surface area contributed by atoms with Gasteiger partial charge in [0.05, 0.1) is 6.07 Å². The van der Waals surface area contributed by atoms with E-state index in [2.05, 4.69) is 5.32 Å². The average Bonchev–Trinajstić information content (AvgIpc) is 2.18. The third-order valence-corrected chi connectivity index (χ3v) is 1.93. The first-order chi connectivity index (χ1) is 8.94. The van der Waals surface area contributed by atoms with Crippen LogP contribution in [0.1, 0.15) is 54.4 Å². The van der Waals surface area contributed by atoms with Crippen molar-refractivity contribution in [1.82, 2.24) is 5.32 Å². The monoisotopic (exact) mass is 284 g/mol. The lowest BCUT2D eigenvalue weighted by atomic mass is 10.1. The van der Waals surface area contributed by atoms with Gasteiger partial charge >= 0.3 is 12.1 Å². The van der Waals surface area contributed by atoms with Crippen LogP contribution in [0.3, 0.4) is 0 Å². The lowest BCUT2D eigenvalue weighted by molar-refractivity contribution is -0.157. The number of carbonyl (C=O) groups excluding carboxylic acids is 2. The van der Waals surface area contributed by atoms with E-state index in [4.69, 9.17) is 14.7 Å². The number of hydrogen-bond donors (Lipinski definition) is 1. The van der Waals surface area contributed by atoms with Crippen LogP contribution in [-0.2, 0) is 14.3 Å². The van der Waals surface area contributed by atoms with Crippen molar-refractivity contribution in [3.63, 3.8) is 0 Å². The molecule has 0 saturated carbocycles. The highest BCUT2D eigenvalue weighted by Gasteiger charge is 2.28. The van der Waals surface area contributed by atoms with Gasteiger partial charge in [-0.3, -0.25) is 0 Å². The minimum atomic E-state index is -0.885. The number of esters is 1. The fraction of sp³-hybridized carbons (Fsp3) is 0.786. The van der Waals surface area contributed by atoms with E-state index in [-0.39, 0.29) is 12.8 Å². The molecule has 6 nitrogen and oxygen atoms in total. The number of ether oxygens (including phenoxy) is 2. The van der Waals surface area contributed by atoms with Crippen molar-refractivity contribution in [1.29, 1.82) is 5.26 Å². The summed E-state index contributed by atoms with van der Waals surface area (Å²) in [6.45, 7) is 10.4. The maximum atomic E-state index is 12.0. The zero-order valence-electron chi connectivity index (χ0n) is 13.1. The molecule has 1 amide bonds. The summed E-state index contributed by atoms with van der Waals surface area (Å²) in [5, 5.41) is 11.0. The molecule has 20 heavy (non-hydrogen) atoms. The predicted molar refractivity (Wildman–Crippen MR) is 73.8 cm³/mol. The molecule has 0 fully saturated rings. The van der Waals surface area contributed by atoms with Crippen LogP contribution in [-0.4, -0.2) is 29.3 Å². The lowest BCUT2D eigenvalue weighted by Gasteiger charge is -2.25. The van der Waals surface area contributed by atoms with Crippen molar-refractivity contribution >= 4 is 12.1 Å². The zero-order valence-corrected chi connectivity index (χ0v) is 13.1. The SMILES string of the molecule is CC(C)(C)OC(=O)NC(CCC#N)C(=O)OC(C)(C)C. The van der Waals surface area contributed by atoms with Gasteiger partial charge in [-0.05, 0) is 48.0 Å². The van der Waals surface area contributed by atoms with Crippen molar-refractivity contribution < 1.29 is 19.1 Å². The fourth-order valence-electron chi connectivity index (χ4n) is 1.28. The summed E-state index contributed by atoms with van der Waals surface area (Å²) in [6, 6.07) is 1.05. The molecule has 0 saturated heterocycles. The Bertz CT molecular complexity index is 385. The van der Waals surface area contributed by atoms with Crippen LogP contribution in [0, 0.1) is 11.3 Å². The summed E-state index contributed by atoms with van der Waals surface area (Å²) >= 11 is 0. The van der Waals surface area contributed by atoms with E-state index in [1.165, 1.54) is 0 Å². The molecular weight excluding hydrogens is 260 g/mol. The predicted octanol–water partition coefficient (Wildman–Crippen LogP) is 2.53. The number of nitriles is 1. The molecule has 0 rings (SSSR count). The number of hydrogen-bond acceptors (Lipinski definition) is 5. The van der Waals surface area contributed by atoms with E-state index in [9.17, 15) is 9.59 Å². The number of alkyl carbamates (subject to hydrolysis) is 1. The summed E-state index contributed by atoms with van der Waals surface area (Å²) in [4.78, 5) is 23.6. The van der Waals surface area contributed by atoms with Gasteiger partial charge in [-0.1, -0.05) is 0 Å². The van der Waals surface area contributed by atoms with Crippen molar-refractivity contribution in [2.45, 2.75) is 71.6 Å². The smallest absolute Gasteiger partial charge is 0.408 e. The van der Waals surface area contributed by atoms with Crippen LogP contribution in [0.5, 0.6) is 0 Å². The second-order valence-electron chi connectivity index (χ2n) is 6.43. The maximum absolute atomic E-state index is 12.0. The van der Waals surface area contributed by atoms with E-state index in [0.29, 0.717) is 0 Å². The quantitative estimate of drug-likeness (QED) is 0.801. The molecule has 0 heterocycles. The van der Waals surface area contributed by atoms with Gasteiger partial charge in [-0.25, -0.2) is 9.59 Å². The Balaban J connectivity index is 4.69. The topological polar surface area (TPSA) is 88.4 Å². The number of nitrogens with one attached hydrogen (secondary N) is 1. The lowest BCUT2D eigenvalue weighted by Crippen LogP contribution is -2.46. The van der Waals surface area contributed by atoms with Crippen molar-refractivity contribution in [2.24, 2.45) is 0 Å². The molecule has 0 aromatic carbocycles. The molecule has 0 bridgehead atoms. The molecule has 0 aromatic heterocycles. The van der Waals surface area contributed by atoms with Gasteiger partial charge in [0.25, 0.3) is 0 Å². The van der Waals surface area contributed by atoms with Gasteiger partial charge in [0.1, 0.15) is 17.2 Å². The molecule has 6 heteroatoms. The minimum Gasteiger partial charge on any atom is -0.458 e. The molecule has 1 N–H and O–H groups in total. The van der Waals surface area contributed by atoms with Crippen LogP contribution in [0.2, 0.25) is 0 Å². The van der Waals surface area contributed by atoms with E-state index >= 15 is 0 Å². The highest BCUT2D eigenvalue weighted by Crippen LogP contribution is 2.12. The molecule has 0 aliphatic rings. The third kappa shape index (κ3) is 9.20. The van der Waals surface area contributed by atoms with Crippen LogP contribution >= 0.6 is 0 Å².